The molecule has 1 aliphatic rings. The second-order valence-corrected chi connectivity index (χ2v) is 7.76. The molecular weight excluding hydrogens is 402 g/mol. The average Bonchev–Trinajstić information content (AvgIpc) is 3.14. The van der Waals surface area contributed by atoms with Crippen LogP contribution in [-0.2, 0) is 33.7 Å². The van der Waals surface area contributed by atoms with Crippen molar-refractivity contribution >= 4 is 29.3 Å². The number of allylic oxidation sites excluding steroid dienone is 1. The summed E-state index contributed by atoms with van der Waals surface area (Å²) in [5, 5.41) is 11.9. The molecule has 160 valence electrons. The van der Waals surface area contributed by atoms with Crippen LogP contribution in [0.15, 0.2) is 42.1 Å². The van der Waals surface area contributed by atoms with E-state index in [2.05, 4.69) is 22.1 Å². The molecule has 0 saturated carbocycles. The van der Waals surface area contributed by atoms with Crippen molar-refractivity contribution in [3.8, 4) is 0 Å². The van der Waals surface area contributed by atoms with Gasteiger partial charge in [-0.15, -0.1) is 16.8 Å². The second kappa shape index (κ2) is 10.9. The van der Waals surface area contributed by atoms with E-state index in [9.17, 15) is 9.59 Å². The van der Waals surface area contributed by atoms with Crippen LogP contribution in [-0.4, -0.2) is 63.5 Å². The Morgan fingerprint density at radius 3 is 2.77 bits per heavy atom. The Morgan fingerprint density at radius 2 is 2.03 bits per heavy atom. The highest BCUT2D eigenvalue weighted by atomic mass is 32.2. The molecule has 2 heterocycles. The third kappa shape index (κ3) is 5.70. The second-order valence-electron chi connectivity index (χ2n) is 6.82. The number of aryl methyl sites for hydroxylation is 1. The van der Waals surface area contributed by atoms with E-state index in [0.717, 1.165) is 17.7 Å². The third-order valence-electron chi connectivity index (χ3n) is 4.78. The van der Waals surface area contributed by atoms with Crippen molar-refractivity contribution in [3.63, 3.8) is 0 Å². The summed E-state index contributed by atoms with van der Waals surface area (Å²) in [7, 11) is 0. The molecule has 1 aliphatic heterocycles. The van der Waals surface area contributed by atoms with Crippen LogP contribution >= 0.6 is 11.8 Å². The van der Waals surface area contributed by atoms with E-state index in [-0.39, 0.29) is 24.0 Å². The Hall–Kier alpha value is -2.65. The van der Waals surface area contributed by atoms with E-state index < -0.39 is 0 Å². The zero-order chi connectivity index (χ0) is 21.3. The van der Waals surface area contributed by atoms with E-state index in [4.69, 9.17) is 4.74 Å². The van der Waals surface area contributed by atoms with Gasteiger partial charge < -0.3 is 19.5 Å². The topological polar surface area (TPSA) is 89.3 Å². The number of amides is 2. The summed E-state index contributed by atoms with van der Waals surface area (Å²) < 4.78 is 7.11. The maximum absolute atomic E-state index is 12.6. The molecule has 1 aromatic heterocycles. The summed E-state index contributed by atoms with van der Waals surface area (Å²) in [5.74, 6) is 0.704. The number of morpholine rings is 1. The molecule has 2 amide bonds. The first kappa shape index (κ1) is 22.0. The number of aromatic nitrogens is 3. The van der Waals surface area contributed by atoms with Gasteiger partial charge in [0.25, 0.3) is 0 Å². The number of para-hydroxylation sites is 1. The van der Waals surface area contributed by atoms with Crippen LogP contribution in [0, 0.1) is 0 Å². The Bertz CT molecular complexity index is 893. The van der Waals surface area contributed by atoms with Gasteiger partial charge in [-0.2, -0.15) is 0 Å². The number of anilines is 1. The number of hydrogen-bond acceptors (Lipinski definition) is 6. The zero-order valence-corrected chi connectivity index (χ0v) is 18.0. The van der Waals surface area contributed by atoms with Crippen LogP contribution in [0.25, 0.3) is 0 Å². The largest absolute Gasteiger partial charge is 0.378 e. The molecule has 0 bridgehead atoms. The number of nitrogens with one attached hydrogen (secondary N) is 1. The van der Waals surface area contributed by atoms with Crippen molar-refractivity contribution in [1.29, 1.82) is 0 Å². The lowest BCUT2D eigenvalue weighted by molar-refractivity contribution is -0.132. The first-order valence-electron chi connectivity index (χ1n) is 10.0. The highest BCUT2D eigenvalue weighted by Gasteiger charge is 2.20. The normalized spacial score (nSPS) is 13.8. The lowest BCUT2D eigenvalue weighted by atomic mass is 10.1. The molecule has 0 radical (unpaired) electrons. The van der Waals surface area contributed by atoms with E-state index >= 15 is 0 Å². The van der Waals surface area contributed by atoms with Crippen molar-refractivity contribution in [2.24, 2.45) is 0 Å². The van der Waals surface area contributed by atoms with Crippen LogP contribution in [0.4, 0.5) is 5.69 Å². The van der Waals surface area contributed by atoms with E-state index in [1.54, 1.807) is 11.0 Å². The van der Waals surface area contributed by atoms with Crippen molar-refractivity contribution in [2.75, 3.05) is 37.4 Å². The van der Waals surface area contributed by atoms with Crippen molar-refractivity contribution < 1.29 is 14.3 Å². The summed E-state index contributed by atoms with van der Waals surface area (Å²) in [4.78, 5) is 26.8. The lowest BCUT2D eigenvalue weighted by Crippen LogP contribution is -2.41. The molecule has 3 rings (SSSR count). The first-order chi connectivity index (χ1) is 14.6. The highest BCUT2D eigenvalue weighted by Crippen LogP contribution is 2.20. The summed E-state index contributed by atoms with van der Waals surface area (Å²) in [6.45, 7) is 8.67. The van der Waals surface area contributed by atoms with Gasteiger partial charge in [0, 0.05) is 25.3 Å². The molecule has 0 unspecified atom stereocenters. The van der Waals surface area contributed by atoms with Gasteiger partial charge in [-0.3, -0.25) is 9.59 Å². The molecule has 1 aromatic carbocycles. The van der Waals surface area contributed by atoms with Gasteiger partial charge in [0.15, 0.2) is 5.16 Å². The number of hydrogen-bond donors (Lipinski definition) is 1. The van der Waals surface area contributed by atoms with Crippen LogP contribution in [0.5, 0.6) is 0 Å². The predicted octanol–water partition coefficient (Wildman–Crippen LogP) is 2.16. The van der Waals surface area contributed by atoms with Crippen LogP contribution in [0.3, 0.4) is 0 Å². The maximum atomic E-state index is 12.6. The number of benzene rings is 1. The van der Waals surface area contributed by atoms with Gasteiger partial charge >= 0.3 is 0 Å². The Balaban J connectivity index is 1.63. The first-order valence-corrected chi connectivity index (χ1v) is 11.0. The fourth-order valence-electron chi connectivity index (χ4n) is 3.19. The van der Waals surface area contributed by atoms with Gasteiger partial charge in [0.05, 0.1) is 25.4 Å². The Labute approximate surface area is 180 Å². The molecule has 2 aromatic rings. The summed E-state index contributed by atoms with van der Waals surface area (Å²) in [6.07, 6.45) is 2.66. The predicted molar refractivity (Wildman–Crippen MR) is 116 cm³/mol. The smallest absolute Gasteiger partial charge is 0.233 e. The van der Waals surface area contributed by atoms with Crippen LogP contribution in [0.1, 0.15) is 18.3 Å². The van der Waals surface area contributed by atoms with Gasteiger partial charge in [0.2, 0.25) is 11.8 Å². The third-order valence-corrected chi connectivity index (χ3v) is 5.74. The number of rotatable bonds is 9. The molecule has 0 spiro atoms. The molecule has 1 saturated heterocycles. The quantitative estimate of drug-likeness (QED) is 0.485. The summed E-state index contributed by atoms with van der Waals surface area (Å²) in [5.41, 5.74) is 1.89. The molecule has 0 atom stereocenters. The number of ether oxygens (including phenoxy) is 1. The number of carbonyl (C=O) groups is 2. The standard InChI is InChI=1S/C21H27N5O3S/c1-3-9-26-18(14-19(27)22-17-8-6-5-7-16(17)4-2)23-24-21(26)30-15-20(28)25-10-12-29-13-11-25/h3,5-8H,1,4,9-15H2,2H3,(H,22,27). The average molecular weight is 430 g/mol. The fraction of sp³-hybridized carbons (Fsp3) is 0.429. The molecule has 9 heteroatoms. The molecule has 8 nitrogen and oxygen atoms in total. The van der Waals surface area contributed by atoms with E-state index in [1.807, 2.05) is 35.8 Å². The zero-order valence-electron chi connectivity index (χ0n) is 17.2. The minimum Gasteiger partial charge on any atom is -0.378 e. The molecular formula is C21H27N5O3S. The van der Waals surface area contributed by atoms with E-state index in [1.165, 1.54) is 11.8 Å². The lowest BCUT2D eigenvalue weighted by Gasteiger charge is -2.26. The van der Waals surface area contributed by atoms with Gasteiger partial charge in [-0.25, -0.2) is 0 Å². The molecule has 1 fully saturated rings. The maximum Gasteiger partial charge on any atom is 0.233 e. The van der Waals surface area contributed by atoms with Crippen molar-refractivity contribution in [1.82, 2.24) is 19.7 Å². The molecule has 1 N–H and O–H groups in total. The van der Waals surface area contributed by atoms with Crippen molar-refractivity contribution in [2.45, 2.75) is 31.5 Å². The molecule has 0 aliphatic carbocycles. The van der Waals surface area contributed by atoms with Crippen LogP contribution < -0.4 is 5.32 Å². The number of thioether (sulfide) groups is 1. The number of carbonyl (C=O) groups excluding carboxylic acids is 2. The van der Waals surface area contributed by atoms with Gasteiger partial charge in [-0.1, -0.05) is 43.0 Å². The fourth-order valence-corrected chi connectivity index (χ4v) is 4.06. The van der Waals surface area contributed by atoms with Crippen molar-refractivity contribution in [3.05, 3.63) is 48.3 Å². The SMILES string of the molecule is C=CCn1c(CC(=O)Nc2ccccc2CC)nnc1SCC(=O)N1CCOCC1. The minimum atomic E-state index is -0.158. The number of nitrogens with zero attached hydrogens (tertiary/aromatic N) is 4. The highest BCUT2D eigenvalue weighted by molar-refractivity contribution is 7.99. The summed E-state index contributed by atoms with van der Waals surface area (Å²) >= 11 is 1.32. The van der Waals surface area contributed by atoms with Crippen LogP contribution in [0.2, 0.25) is 0 Å². The van der Waals surface area contributed by atoms with Gasteiger partial charge in [0.1, 0.15) is 5.82 Å². The van der Waals surface area contributed by atoms with E-state index in [0.29, 0.717) is 43.8 Å². The van der Waals surface area contributed by atoms with Gasteiger partial charge in [-0.05, 0) is 18.1 Å². The monoisotopic (exact) mass is 429 g/mol. The molecule has 30 heavy (non-hydrogen) atoms. The Morgan fingerprint density at radius 1 is 1.27 bits per heavy atom. The Kier molecular flexibility index (Phi) is 8.04. The summed E-state index contributed by atoms with van der Waals surface area (Å²) in [6, 6.07) is 7.74. The minimum absolute atomic E-state index is 0.0481.